The van der Waals surface area contributed by atoms with Crippen molar-refractivity contribution in [3.8, 4) is 0 Å². The van der Waals surface area contributed by atoms with Crippen molar-refractivity contribution in [3.63, 3.8) is 0 Å². The Kier molecular flexibility index (Phi) is 4.28. The van der Waals surface area contributed by atoms with Crippen LogP contribution in [0, 0.1) is 0 Å². The molecule has 2 aromatic rings. The van der Waals surface area contributed by atoms with Gasteiger partial charge in [0.2, 0.25) is 0 Å². The molecule has 122 valence electrons. The van der Waals surface area contributed by atoms with Crippen molar-refractivity contribution in [1.82, 2.24) is 9.13 Å². The highest BCUT2D eigenvalue weighted by atomic mass is 16.5. The summed E-state index contributed by atoms with van der Waals surface area (Å²) < 4.78 is 12.7. The molecule has 0 amide bonds. The predicted molar refractivity (Wildman–Crippen MR) is 80.5 cm³/mol. The molecule has 1 fully saturated rings. The first kappa shape index (κ1) is 15.5. The lowest BCUT2D eigenvalue weighted by Crippen LogP contribution is -2.38. The lowest BCUT2D eigenvalue weighted by Gasteiger charge is -2.15. The van der Waals surface area contributed by atoms with E-state index in [1.165, 1.54) is 35.4 Å². The molecule has 3 atom stereocenters. The summed E-state index contributed by atoms with van der Waals surface area (Å²) in [5.74, 6) is 0.500. The molecule has 0 unspecified atom stereocenters. The molecule has 1 aliphatic rings. The first-order valence-electron chi connectivity index (χ1n) is 7.10. The summed E-state index contributed by atoms with van der Waals surface area (Å²) in [4.78, 5) is 24.3. The molecular weight excluding hydrogens is 304 g/mol. The molecule has 8 heteroatoms. The Labute approximate surface area is 130 Å². The molecule has 1 saturated heterocycles. The number of aliphatic hydroxyl groups excluding tert-OH is 2. The zero-order chi connectivity index (χ0) is 16.4. The van der Waals surface area contributed by atoms with Gasteiger partial charge in [-0.15, -0.1) is 0 Å². The summed E-state index contributed by atoms with van der Waals surface area (Å²) >= 11 is 0. The van der Waals surface area contributed by atoms with Crippen LogP contribution in [0.5, 0.6) is 0 Å². The molecule has 2 aromatic heterocycles. The van der Waals surface area contributed by atoms with E-state index in [-0.39, 0.29) is 13.0 Å². The molecule has 3 heterocycles. The number of hydrogen-bond donors (Lipinski definition) is 2. The molecule has 0 aliphatic carbocycles. The standard InChI is InChI=1S/C15H16N2O6/c18-9-12-11(19)8-14(23-12)17-6-4-13(20)16(15(17)21)5-3-10-2-1-7-22-10/h1-7,11-12,14,18-19H,8-9H2/b5-3+/t11-,12+,14+/m0/s1. The Hall–Kier alpha value is -2.42. The third-order valence-electron chi connectivity index (χ3n) is 3.67. The molecule has 0 aromatic carbocycles. The van der Waals surface area contributed by atoms with Crippen LogP contribution < -0.4 is 11.2 Å². The van der Waals surface area contributed by atoms with E-state index < -0.39 is 29.7 Å². The first-order chi connectivity index (χ1) is 11.1. The van der Waals surface area contributed by atoms with Crippen LogP contribution >= 0.6 is 0 Å². The van der Waals surface area contributed by atoms with E-state index in [0.717, 1.165) is 4.57 Å². The van der Waals surface area contributed by atoms with Crippen LogP contribution in [0.2, 0.25) is 0 Å². The second-order valence-electron chi connectivity index (χ2n) is 5.16. The monoisotopic (exact) mass is 320 g/mol. The van der Waals surface area contributed by atoms with E-state index >= 15 is 0 Å². The quantitative estimate of drug-likeness (QED) is 0.813. The Balaban J connectivity index is 1.93. The highest BCUT2D eigenvalue weighted by Gasteiger charge is 2.35. The van der Waals surface area contributed by atoms with Crippen molar-refractivity contribution in [2.24, 2.45) is 0 Å². The molecule has 0 saturated carbocycles. The predicted octanol–water partition coefficient (Wildman–Crippen LogP) is -0.128. The van der Waals surface area contributed by atoms with Gasteiger partial charge in [0.05, 0.1) is 19.0 Å². The van der Waals surface area contributed by atoms with E-state index in [1.54, 1.807) is 12.1 Å². The SMILES string of the molecule is O=c1ccn([C@H]2C[C@H](O)[C@@H](CO)O2)c(=O)n1/C=C/c1ccco1. The van der Waals surface area contributed by atoms with Gasteiger partial charge >= 0.3 is 5.69 Å². The maximum atomic E-state index is 12.5. The molecule has 0 radical (unpaired) electrons. The summed E-state index contributed by atoms with van der Waals surface area (Å²) in [6.45, 7) is -0.343. The Morgan fingerprint density at radius 1 is 1.35 bits per heavy atom. The number of nitrogens with zero attached hydrogens (tertiary/aromatic N) is 2. The normalized spacial score (nSPS) is 24.5. The number of aromatic nitrogens is 2. The van der Waals surface area contributed by atoms with Crippen molar-refractivity contribution >= 4 is 12.3 Å². The van der Waals surface area contributed by atoms with Crippen LogP contribution in [0.1, 0.15) is 18.4 Å². The van der Waals surface area contributed by atoms with Crippen LogP contribution in [0.3, 0.4) is 0 Å². The van der Waals surface area contributed by atoms with Crippen LogP contribution in [-0.2, 0) is 4.74 Å². The number of ether oxygens (including phenoxy) is 1. The number of furan rings is 1. The van der Waals surface area contributed by atoms with Crippen LogP contribution in [0.15, 0.2) is 44.7 Å². The second-order valence-corrected chi connectivity index (χ2v) is 5.16. The minimum absolute atomic E-state index is 0.158. The molecule has 2 N–H and O–H groups in total. The van der Waals surface area contributed by atoms with Gasteiger partial charge in [0.1, 0.15) is 18.1 Å². The molecule has 23 heavy (non-hydrogen) atoms. The average molecular weight is 320 g/mol. The molecule has 3 rings (SSSR count). The lowest BCUT2D eigenvalue weighted by atomic mass is 10.2. The van der Waals surface area contributed by atoms with Crippen molar-refractivity contribution in [2.75, 3.05) is 6.61 Å². The maximum absolute atomic E-state index is 12.5. The Morgan fingerprint density at radius 3 is 2.83 bits per heavy atom. The molecular formula is C15H16N2O6. The van der Waals surface area contributed by atoms with E-state index in [0.29, 0.717) is 5.76 Å². The van der Waals surface area contributed by atoms with E-state index in [4.69, 9.17) is 14.3 Å². The Morgan fingerprint density at radius 2 is 2.17 bits per heavy atom. The maximum Gasteiger partial charge on any atom is 0.337 e. The van der Waals surface area contributed by atoms with Crippen molar-refractivity contribution in [1.29, 1.82) is 0 Å². The number of aliphatic hydroxyl groups is 2. The third kappa shape index (κ3) is 3.04. The van der Waals surface area contributed by atoms with Crippen molar-refractivity contribution in [2.45, 2.75) is 24.9 Å². The summed E-state index contributed by atoms with van der Waals surface area (Å²) in [7, 11) is 0. The fourth-order valence-electron chi connectivity index (χ4n) is 2.45. The van der Waals surface area contributed by atoms with Crippen molar-refractivity contribution < 1.29 is 19.4 Å². The fourth-order valence-corrected chi connectivity index (χ4v) is 2.45. The van der Waals surface area contributed by atoms with Gasteiger partial charge in [-0.3, -0.25) is 9.36 Å². The average Bonchev–Trinajstić information content (AvgIpc) is 3.16. The molecule has 1 aliphatic heterocycles. The summed E-state index contributed by atoms with van der Waals surface area (Å²) in [5.41, 5.74) is -1.09. The highest BCUT2D eigenvalue weighted by molar-refractivity contribution is 5.56. The second kappa shape index (κ2) is 6.37. The smallest absolute Gasteiger partial charge is 0.337 e. The fraction of sp³-hybridized carbons (Fsp3) is 0.333. The van der Waals surface area contributed by atoms with Gasteiger partial charge in [-0.05, 0) is 18.2 Å². The van der Waals surface area contributed by atoms with Crippen LogP contribution in [0.25, 0.3) is 12.3 Å². The minimum Gasteiger partial charge on any atom is -0.465 e. The van der Waals surface area contributed by atoms with Gasteiger partial charge in [0, 0.05) is 24.9 Å². The first-order valence-corrected chi connectivity index (χ1v) is 7.10. The summed E-state index contributed by atoms with van der Waals surface area (Å²) in [6.07, 6.45) is 3.42. The van der Waals surface area contributed by atoms with E-state index in [9.17, 15) is 14.7 Å². The minimum atomic E-state index is -0.865. The number of rotatable bonds is 4. The molecule has 8 nitrogen and oxygen atoms in total. The van der Waals surface area contributed by atoms with Crippen molar-refractivity contribution in [3.05, 3.63) is 57.3 Å². The van der Waals surface area contributed by atoms with Gasteiger partial charge < -0.3 is 19.4 Å². The number of hydrogen-bond acceptors (Lipinski definition) is 6. The van der Waals surface area contributed by atoms with E-state index in [1.807, 2.05) is 0 Å². The zero-order valence-corrected chi connectivity index (χ0v) is 12.1. The van der Waals surface area contributed by atoms with Gasteiger partial charge in [-0.2, -0.15) is 0 Å². The summed E-state index contributed by atoms with van der Waals surface area (Å²) in [6, 6.07) is 4.61. The van der Waals surface area contributed by atoms with Gasteiger partial charge in [-0.1, -0.05) is 0 Å². The summed E-state index contributed by atoms with van der Waals surface area (Å²) in [5, 5.41) is 18.9. The molecule has 0 bridgehead atoms. The van der Waals surface area contributed by atoms with Gasteiger partial charge in [0.15, 0.2) is 0 Å². The van der Waals surface area contributed by atoms with Gasteiger partial charge in [-0.25, -0.2) is 9.36 Å². The lowest BCUT2D eigenvalue weighted by molar-refractivity contribution is -0.0460. The highest BCUT2D eigenvalue weighted by Crippen LogP contribution is 2.26. The largest absolute Gasteiger partial charge is 0.465 e. The third-order valence-corrected chi connectivity index (χ3v) is 3.67. The zero-order valence-electron chi connectivity index (χ0n) is 12.1. The van der Waals surface area contributed by atoms with Crippen LogP contribution in [0.4, 0.5) is 0 Å². The molecule has 0 spiro atoms. The topological polar surface area (TPSA) is 107 Å². The van der Waals surface area contributed by atoms with Crippen LogP contribution in [-0.4, -0.2) is 38.2 Å². The Bertz CT molecular complexity index is 804. The van der Waals surface area contributed by atoms with Gasteiger partial charge in [0.25, 0.3) is 5.56 Å². The van der Waals surface area contributed by atoms with E-state index in [2.05, 4.69) is 0 Å².